The van der Waals surface area contributed by atoms with E-state index in [2.05, 4.69) is 0 Å². The topological polar surface area (TPSA) is 57.6 Å². The number of para-hydroxylation sites is 2. The van der Waals surface area contributed by atoms with Crippen molar-refractivity contribution in [3.63, 3.8) is 0 Å². The van der Waals surface area contributed by atoms with Gasteiger partial charge >= 0.3 is 0 Å². The quantitative estimate of drug-likeness (QED) is 0.860. The second-order valence-electron chi connectivity index (χ2n) is 3.89. The molecule has 0 saturated heterocycles. The summed E-state index contributed by atoms with van der Waals surface area (Å²) in [5.74, 6) is 2.18. The number of ether oxygens (including phenoxy) is 2. The summed E-state index contributed by atoms with van der Waals surface area (Å²) in [5, 5.41) is 0. The summed E-state index contributed by atoms with van der Waals surface area (Å²) in [6.07, 6.45) is 1.10. The Morgan fingerprint density at radius 3 is 2.41 bits per heavy atom. The lowest BCUT2D eigenvalue weighted by Crippen LogP contribution is -2.38. The van der Waals surface area contributed by atoms with Crippen molar-refractivity contribution in [3.05, 3.63) is 48.4 Å². The maximum Gasteiger partial charge on any atom is 0.194 e. The van der Waals surface area contributed by atoms with Gasteiger partial charge < -0.3 is 19.6 Å². The third-order valence-corrected chi connectivity index (χ3v) is 2.78. The summed E-state index contributed by atoms with van der Waals surface area (Å²) in [6, 6.07) is 11.2. The Morgan fingerprint density at radius 2 is 1.76 bits per heavy atom. The molecule has 1 aromatic carbocycles. The van der Waals surface area contributed by atoms with Crippen LogP contribution in [0, 0.1) is 0 Å². The number of benzene rings is 1. The highest BCUT2D eigenvalue weighted by Crippen LogP contribution is 2.38. The first-order valence-corrected chi connectivity index (χ1v) is 5.54. The van der Waals surface area contributed by atoms with Gasteiger partial charge in [0.2, 0.25) is 0 Å². The molecule has 2 N–H and O–H groups in total. The molecule has 1 aliphatic heterocycles. The summed E-state index contributed by atoms with van der Waals surface area (Å²) in [5.41, 5.74) is 5.71. The van der Waals surface area contributed by atoms with Gasteiger partial charge in [-0.05, 0) is 24.3 Å². The number of rotatable bonds is 2. The molecule has 2 heterocycles. The smallest absolute Gasteiger partial charge is 0.194 e. The Balaban J connectivity index is 1.96. The number of furan rings is 1. The fraction of sp³-hybridized carbons (Fsp3) is 0.231. The second-order valence-corrected chi connectivity index (χ2v) is 3.89. The number of hydrogen-bond donors (Lipinski definition) is 1. The average molecular weight is 231 g/mol. The number of nitrogens with two attached hydrogens (primary N) is 1. The molecule has 2 unspecified atom stereocenters. The molecule has 0 fully saturated rings. The zero-order valence-electron chi connectivity index (χ0n) is 9.21. The van der Waals surface area contributed by atoms with E-state index in [1.807, 2.05) is 36.4 Å². The maximum atomic E-state index is 5.88. The lowest BCUT2D eigenvalue weighted by molar-refractivity contribution is 0.0127. The van der Waals surface area contributed by atoms with Crippen molar-refractivity contribution < 1.29 is 13.9 Å². The van der Waals surface area contributed by atoms with Crippen molar-refractivity contribution in [2.24, 2.45) is 5.73 Å². The van der Waals surface area contributed by atoms with Crippen LogP contribution in [-0.2, 0) is 0 Å². The van der Waals surface area contributed by atoms with Gasteiger partial charge in [0.25, 0.3) is 0 Å². The fourth-order valence-corrected chi connectivity index (χ4v) is 1.95. The van der Waals surface area contributed by atoms with Gasteiger partial charge in [0, 0.05) is 6.54 Å². The van der Waals surface area contributed by atoms with E-state index >= 15 is 0 Å². The normalized spacial score (nSPS) is 22.4. The van der Waals surface area contributed by atoms with E-state index in [-0.39, 0.29) is 12.2 Å². The van der Waals surface area contributed by atoms with Crippen LogP contribution >= 0.6 is 0 Å². The molecule has 88 valence electrons. The van der Waals surface area contributed by atoms with Crippen LogP contribution in [0.25, 0.3) is 0 Å². The Labute approximate surface area is 98.9 Å². The molecule has 0 radical (unpaired) electrons. The summed E-state index contributed by atoms with van der Waals surface area (Å²) in [6.45, 7) is 0.375. The van der Waals surface area contributed by atoms with Gasteiger partial charge in [-0.2, -0.15) is 0 Å². The molecular weight excluding hydrogens is 218 g/mol. The van der Waals surface area contributed by atoms with Crippen LogP contribution < -0.4 is 15.2 Å². The molecule has 1 aliphatic rings. The largest absolute Gasteiger partial charge is 0.481 e. The van der Waals surface area contributed by atoms with Crippen LogP contribution in [0.1, 0.15) is 11.9 Å². The Kier molecular flexibility index (Phi) is 2.49. The standard InChI is InChI=1S/C13H13NO3/c14-8-12-13(11-6-3-7-15-11)17-10-5-2-1-4-9(10)16-12/h1-7,12-13H,8,14H2. The zero-order valence-corrected chi connectivity index (χ0v) is 9.21. The first-order chi connectivity index (χ1) is 8.38. The van der Waals surface area contributed by atoms with Crippen LogP contribution in [-0.4, -0.2) is 12.6 Å². The Hall–Kier alpha value is -1.94. The average Bonchev–Trinajstić information content (AvgIpc) is 2.91. The minimum Gasteiger partial charge on any atom is -0.481 e. The molecule has 0 amide bonds. The van der Waals surface area contributed by atoms with Crippen molar-refractivity contribution in [2.75, 3.05) is 6.54 Å². The highest BCUT2D eigenvalue weighted by molar-refractivity contribution is 5.41. The first-order valence-electron chi connectivity index (χ1n) is 5.54. The van der Waals surface area contributed by atoms with Crippen molar-refractivity contribution >= 4 is 0 Å². The van der Waals surface area contributed by atoms with E-state index in [1.165, 1.54) is 0 Å². The molecular formula is C13H13NO3. The summed E-state index contributed by atoms with van der Waals surface area (Å²) < 4.78 is 17.0. The first kappa shape index (κ1) is 10.2. The van der Waals surface area contributed by atoms with Crippen LogP contribution in [0.15, 0.2) is 47.1 Å². The predicted octanol–water partition coefficient (Wildman–Crippen LogP) is 2.12. The molecule has 4 nitrogen and oxygen atoms in total. The second kappa shape index (κ2) is 4.14. The van der Waals surface area contributed by atoms with Crippen LogP contribution in [0.5, 0.6) is 11.5 Å². The van der Waals surface area contributed by atoms with Crippen molar-refractivity contribution in [1.82, 2.24) is 0 Å². The third-order valence-electron chi connectivity index (χ3n) is 2.78. The summed E-state index contributed by atoms with van der Waals surface area (Å²) in [4.78, 5) is 0. The fourth-order valence-electron chi connectivity index (χ4n) is 1.95. The van der Waals surface area contributed by atoms with Crippen LogP contribution in [0.4, 0.5) is 0 Å². The van der Waals surface area contributed by atoms with Gasteiger partial charge in [-0.3, -0.25) is 0 Å². The number of hydrogen-bond acceptors (Lipinski definition) is 4. The molecule has 0 spiro atoms. The maximum absolute atomic E-state index is 5.88. The lowest BCUT2D eigenvalue weighted by atomic mass is 10.1. The molecule has 1 aromatic heterocycles. The molecule has 17 heavy (non-hydrogen) atoms. The predicted molar refractivity (Wildman–Crippen MR) is 62.0 cm³/mol. The van der Waals surface area contributed by atoms with Crippen molar-refractivity contribution in [2.45, 2.75) is 12.2 Å². The zero-order chi connectivity index (χ0) is 11.7. The van der Waals surface area contributed by atoms with E-state index in [0.29, 0.717) is 6.54 Å². The van der Waals surface area contributed by atoms with E-state index in [9.17, 15) is 0 Å². The van der Waals surface area contributed by atoms with Crippen molar-refractivity contribution in [1.29, 1.82) is 0 Å². The Morgan fingerprint density at radius 1 is 1.00 bits per heavy atom. The highest BCUT2D eigenvalue weighted by Gasteiger charge is 2.33. The van der Waals surface area contributed by atoms with E-state index < -0.39 is 0 Å². The monoisotopic (exact) mass is 231 g/mol. The SMILES string of the molecule is NCC1Oc2ccccc2OC1c1ccco1. The minimum atomic E-state index is -0.287. The lowest BCUT2D eigenvalue weighted by Gasteiger charge is -2.32. The highest BCUT2D eigenvalue weighted by atomic mass is 16.6. The van der Waals surface area contributed by atoms with E-state index in [4.69, 9.17) is 19.6 Å². The van der Waals surface area contributed by atoms with Gasteiger partial charge in [0.05, 0.1) is 6.26 Å². The van der Waals surface area contributed by atoms with Crippen LogP contribution in [0.3, 0.4) is 0 Å². The Bertz CT molecular complexity index is 495. The number of fused-ring (bicyclic) bond motifs is 1. The van der Waals surface area contributed by atoms with Gasteiger partial charge in [-0.15, -0.1) is 0 Å². The summed E-state index contributed by atoms with van der Waals surface area (Å²) in [7, 11) is 0. The minimum absolute atomic E-state index is 0.226. The van der Waals surface area contributed by atoms with E-state index in [0.717, 1.165) is 17.3 Å². The van der Waals surface area contributed by atoms with Gasteiger partial charge in [0.15, 0.2) is 23.7 Å². The van der Waals surface area contributed by atoms with Crippen molar-refractivity contribution in [3.8, 4) is 11.5 Å². The van der Waals surface area contributed by atoms with E-state index in [1.54, 1.807) is 6.26 Å². The van der Waals surface area contributed by atoms with Gasteiger partial charge in [-0.1, -0.05) is 12.1 Å². The molecule has 0 aliphatic carbocycles. The molecule has 3 rings (SSSR count). The summed E-state index contributed by atoms with van der Waals surface area (Å²) >= 11 is 0. The molecule has 2 atom stereocenters. The molecule has 2 aromatic rings. The van der Waals surface area contributed by atoms with Gasteiger partial charge in [0.1, 0.15) is 5.76 Å². The van der Waals surface area contributed by atoms with Gasteiger partial charge in [-0.25, -0.2) is 0 Å². The van der Waals surface area contributed by atoms with Crippen LogP contribution in [0.2, 0.25) is 0 Å². The molecule has 4 heteroatoms. The molecule has 0 bridgehead atoms. The third kappa shape index (κ3) is 1.76. The molecule has 0 saturated carbocycles.